The first-order valence-electron chi connectivity index (χ1n) is 4.82. The van der Waals surface area contributed by atoms with Gasteiger partial charge in [0.1, 0.15) is 5.75 Å². The predicted molar refractivity (Wildman–Crippen MR) is 61.8 cm³/mol. The second-order valence-corrected chi connectivity index (χ2v) is 3.26. The minimum Gasteiger partial charge on any atom is -0.507 e. The number of aromatic nitrogens is 1. The summed E-state index contributed by atoms with van der Waals surface area (Å²) in [7, 11) is 0. The van der Waals surface area contributed by atoms with Crippen molar-refractivity contribution in [2.75, 3.05) is 0 Å². The fraction of sp³-hybridized carbons (Fsp3) is 0.154. The lowest BCUT2D eigenvalue weighted by atomic mass is 10.1. The highest BCUT2D eigenvalue weighted by Crippen LogP contribution is 2.19. The van der Waals surface area contributed by atoms with Crippen molar-refractivity contribution in [2.24, 2.45) is 0 Å². The Hall–Kier alpha value is -1.83. The van der Waals surface area contributed by atoms with Crippen LogP contribution in [0, 0.1) is 13.8 Å². The first kappa shape index (κ1) is 11.2. The summed E-state index contributed by atoms with van der Waals surface area (Å²) >= 11 is 0. The van der Waals surface area contributed by atoms with E-state index in [1.807, 2.05) is 50.2 Å². The molecule has 0 spiro atoms. The maximum atomic E-state index is 9.21. The number of rotatable bonds is 0. The minimum absolute atomic E-state index is 0.414. The van der Waals surface area contributed by atoms with E-state index in [-0.39, 0.29) is 0 Å². The Kier molecular flexibility index (Phi) is 4.35. The van der Waals surface area contributed by atoms with E-state index in [0.717, 1.165) is 11.1 Å². The summed E-state index contributed by atoms with van der Waals surface area (Å²) in [5, 5.41) is 9.21. The molecule has 0 aliphatic rings. The van der Waals surface area contributed by atoms with Gasteiger partial charge in [0.15, 0.2) is 0 Å². The van der Waals surface area contributed by atoms with Gasteiger partial charge in [0.2, 0.25) is 0 Å². The Morgan fingerprint density at radius 1 is 0.867 bits per heavy atom. The van der Waals surface area contributed by atoms with Crippen molar-refractivity contribution in [1.29, 1.82) is 0 Å². The summed E-state index contributed by atoms with van der Waals surface area (Å²) in [5.41, 5.74) is 1.88. The van der Waals surface area contributed by atoms with Crippen LogP contribution in [0.15, 0.2) is 48.8 Å². The van der Waals surface area contributed by atoms with Crippen LogP contribution in [0.5, 0.6) is 5.75 Å². The van der Waals surface area contributed by atoms with Crippen molar-refractivity contribution in [1.82, 2.24) is 4.98 Å². The molecule has 0 atom stereocenters. The van der Waals surface area contributed by atoms with Crippen LogP contribution in [-0.2, 0) is 0 Å². The van der Waals surface area contributed by atoms with Crippen molar-refractivity contribution in [2.45, 2.75) is 13.8 Å². The molecule has 0 radical (unpaired) electrons. The highest BCUT2D eigenvalue weighted by molar-refractivity contribution is 5.37. The number of para-hydroxylation sites is 1. The number of nitrogens with zero attached hydrogens (tertiary/aromatic N) is 1. The van der Waals surface area contributed by atoms with Gasteiger partial charge < -0.3 is 5.11 Å². The average Bonchev–Trinajstić information content (AvgIpc) is 2.29. The van der Waals surface area contributed by atoms with Crippen molar-refractivity contribution in [3.8, 4) is 5.75 Å². The number of aromatic hydroxyl groups is 1. The number of phenols is 1. The molecule has 2 heteroatoms. The monoisotopic (exact) mass is 201 g/mol. The lowest BCUT2D eigenvalue weighted by molar-refractivity contribution is 0.467. The SMILES string of the molecule is Cc1cccc(C)c1O.c1ccncc1. The van der Waals surface area contributed by atoms with Crippen LogP contribution in [-0.4, -0.2) is 10.1 Å². The molecule has 0 amide bonds. The van der Waals surface area contributed by atoms with Gasteiger partial charge in [-0.1, -0.05) is 24.3 Å². The van der Waals surface area contributed by atoms with Crippen LogP contribution in [0.2, 0.25) is 0 Å². The Morgan fingerprint density at radius 3 is 1.67 bits per heavy atom. The van der Waals surface area contributed by atoms with Crippen LogP contribution in [0.25, 0.3) is 0 Å². The Bertz CT molecular complexity index is 352. The summed E-state index contributed by atoms with van der Waals surface area (Å²) in [6.45, 7) is 3.78. The van der Waals surface area contributed by atoms with Gasteiger partial charge in [-0.25, -0.2) is 0 Å². The van der Waals surface area contributed by atoms with Gasteiger partial charge in [-0.3, -0.25) is 4.98 Å². The molecule has 0 unspecified atom stereocenters. The normalized spacial score (nSPS) is 8.93. The van der Waals surface area contributed by atoms with E-state index in [9.17, 15) is 5.11 Å². The third-order valence-electron chi connectivity index (χ3n) is 2.01. The second kappa shape index (κ2) is 5.81. The average molecular weight is 201 g/mol. The minimum atomic E-state index is 0.414. The Morgan fingerprint density at radius 2 is 1.40 bits per heavy atom. The quantitative estimate of drug-likeness (QED) is 0.710. The maximum Gasteiger partial charge on any atom is 0.121 e. The Labute approximate surface area is 90.2 Å². The molecule has 2 aromatic rings. The summed E-state index contributed by atoms with van der Waals surface area (Å²) in [5.74, 6) is 0.414. The molecular formula is C13H15NO. The number of aryl methyl sites for hydroxylation is 2. The van der Waals surface area contributed by atoms with Gasteiger partial charge in [-0.2, -0.15) is 0 Å². The number of phenolic OH excluding ortho intramolecular Hbond substituents is 1. The number of hydrogen-bond acceptors (Lipinski definition) is 2. The molecule has 1 heterocycles. The van der Waals surface area contributed by atoms with Gasteiger partial charge in [-0.15, -0.1) is 0 Å². The van der Waals surface area contributed by atoms with Gasteiger partial charge >= 0.3 is 0 Å². The first-order valence-corrected chi connectivity index (χ1v) is 4.82. The van der Waals surface area contributed by atoms with Gasteiger partial charge in [0.25, 0.3) is 0 Å². The van der Waals surface area contributed by atoms with Crippen molar-refractivity contribution in [3.05, 3.63) is 59.9 Å². The summed E-state index contributed by atoms with van der Waals surface area (Å²) in [4.78, 5) is 3.78. The molecule has 0 saturated heterocycles. The van der Waals surface area contributed by atoms with Gasteiger partial charge in [-0.05, 0) is 37.1 Å². The zero-order valence-electron chi connectivity index (χ0n) is 9.01. The Balaban J connectivity index is 0.000000162. The van der Waals surface area contributed by atoms with Gasteiger partial charge in [0, 0.05) is 12.4 Å². The summed E-state index contributed by atoms with van der Waals surface area (Å²) < 4.78 is 0. The van der Waals surface area contributed by atoms with Crippen LogP contribution in [0.1, 0.15) is 11.1 Å². The third kappa shape index (κ3) is 3.81. The van der Waals surface area contributed by atoms with E-state index in [4.69, 9.17) is 0 Å². The van der Waals surface area contributed by atoms with E-state index in [0.29, 0.717) is 5.75 Å². The largest absolute Gasteiger partial charge is 0.507 e. The predicted octanol–water partition coefficient (Wildman–Crippen LogP) is 3.09. The third-order valence-corrected chi connectivity index (χ3v) is 2.01. The molecule has 0 aliphatic carbocycles. The van der Waals surface area contributed by atoms with Crippen LogP contribution >= 0.6 is 0 Å². The topological polar surface area (TPSA) is 33.1 Å². The molecule has 1 N–H and O–H groups in total. The number of hydrogen-bond donors (Lipinski definition) is 1. The molecule has 15 heavy (non-hydrogen) atoms. The molecule has 2 nitrogen and oxygen atoms in total. The van der Waals surface area contributed by atoms with Crippen LogP contribution < -0.4 is 0 Å². The van der Waals surface area contributed by atoms with Crippen molar-refractivity contribution >= 4 is 0 Å². The van der Waals surface area contributed by atoms with Crippen LogP contribution in [0.3, 0.4) is 0 Å². The fourth-order valence-electron chi connectivity index (χ4n) is 1.12. The zero-order chi connectivity index (χ0) is 11.1. The maximum absolute atomic E-state index is 9.21. The van der Waals surface area contributed by atoms with E-state index in [1.165, 1.54) is 0 Å². The van der Waals surface area contributed by atoms with E-state index in [2.05, 4.69) is 4.98 Å². The zero-order valence-corrected chi connectivity index (χ0v) is 9.01. The highest BCUT2D eigenvalue weighted by Gasteiger charge is 1.95. The van der Waals surface area contributed by atoms with E-state index < -0.39 is 0 Å². The first-order chi connectivity index (χ1) is 7.22. The highest BCUT2D eigenvalue weighted by atomic mass is 16.3. The molecule has 2 rings (SSSR count). The number of pyridine rings is 1. The summed E-state index contributed by atoms with van der Waals surface area (Å²) in [6, 6.07) is 11.4. The standard InChI is InChI=1S/C8H10O.C5H5N/c1-6-4-3-5-7(2)8(6)9;1-2-4-6-5-3-1/h3-5,9H,1-2H3;1-5H. The van der Waals surface area contributed by atoms with E-state index >= 15 is 0 Å². The number of benzene rings is 1. The lowest BCUT2D eigenvalue weighted by Crippen LogP contribution is -1.76. The molecule has 1 aromatic heterocycles. The van der Waals surface area contributed by atoms with Crippen LogP contribution in [0.4, 0.5) is 0 Å². The van der Waals surface area contributed by atoms with Crippen molar-refractivity contribution < 1.29 is 5.11 Å². The molecule has 1 aromatic carbocycles. The van der Waals surface area contributed by atoms with Gasteiger partial charge in [0.05, 0.1) is 0 Å². The molecule has 0 fully saturated rings. The van der Waals surface area contributed by atoms with Crippen molar-refractivity contribution in [3.63, 3.8) is 0 Å². The molecule has 0 saturated carbocycles. The molecule has 0 bridgehead atoms. The smallest absolute Gasteiger partial charge is 0.121 e. The molecule has 78 valence electrons. The molecule has 0 aliphatic heterocycles. The molecular weight excluding hydrogens is 186 g/mol. The van der Waals surface area contributed by atoms with E-state index in [1.54, 1.807) is 12.4 Å². The second-order valence-electron chi connectivity index (χ2n) is 3.26. The fourth-order valence-corrected chi connectivity index (χ4v) is 1.12. The lowest BCUT2D eigenvalue weighted by Gasteiger charge is -1.99. The summed E-state index contributed by atoms with van der Waals surface area (Å²) in [6.07, 6.45) is 3.50.